The summed E-state index contributed by atoms with van der Waals surface area (Å²) in [6.45, 7) is 8.74. The Hall–Kier alpha value is -1.43. The van der Waals surface area contributed by atoms with Crippen molar-refractivity contribution in [1.29, 1.82) is 0 Å². The number of likely N-dealkylation sites (tertiary alicyclic amines) is 2. The first-order chi connectivity index (χ1) is 13.6. The number of nitrogens with zero attached hydrogens (tertiary/aromatic N) is 3. The molecule has 1 N–H and O–H groups in total. The summed E-state index contributed by atoms with van der Waals surface area (Å²) in [6, 6.07) is 8.29. The Balaban J connectivity index is 1.22. The minimum Gasteiger partial charge on any atom is -0.390 e. The lowest BCUT2D eigenvalue weighted by atomic mass is 9.95. The van der Waals surface area contributed by atoms with Gasteiger partial charge in [-0.25, -0.2) is 0 Å². The average molecular weight is 386 g/mol. The first-order valence-electron chi connectivity index (χ1n) is 11.1. The van der Waals surface area contributed by atoms with E-state index in [-0.39, 0.29) is 12.0 Å². The van der Waals surface area contributed by atoms with Crippen LogP contribution in [0.1, 0.15) is 38.2 Å². The zero-order valence-corrected chi connectivity index (χ0v) is 17.2. The maximum atomic E-state index is 13.0. The number of para-hydroxylation sites is 1. The molecule has 1 amide bonds. The molecule has 3 aliphatic heterocycles. The molecule has 1 aromatic carbocycles. The molecule has 2 fully saturated rings. The molecule has 1 atom stereocenters. The molecule has 0 radical (unpaired) electrons. The minimum atomic E-state index is -0.286. The molecule has 4 rings (SSSR count). The second kappa shape index (κ2) is 8.93. The van der Waals surface area contributed by atoms with Gasteiger partial charge in [-0.15, -0.1) is 0 Å². The summed E-state index contributed by atoms with van der Waals surface area (Å²) in [4.78, 5) is 19.8. The summed E-state index contributed by atoms with van der Waals surface area (Å²) in [5.41, 5.74) is 2.41. The molecule has 1 unspecified atom stereocenters. The van der Waals surface area contributed by atoms with Crippen LogP contribution < -0.4 is 4.90 Å². The van der Waals surface area contributed by atoms with Crippen LogP contribution in [0.3, 0.4) is 0 Å². The molecular formula is C23H35N3O2. The van der Waals surface area contributed by atoms with Gasteiger partial charge in [0.1, 0.15) is 0 Å². The fourth-order valence-electron chi connectivity index (χ4n) is 5.05. The zero-order chi connectivity index (χ0) is 19.5. The predicted molar refractivity (Wildman–Crippen MR) is 113 cm³/mol. The number of rotatable bonds is 5. The third-order valence-corrected chi connectivity index (χ3v) is 6.90. The molecule has 154 valence electrons. The van der Waals surface area contributed by atoms with Gasteiger partial charge in [-0.3, -0.25) is 4.79 Å². The Morgan fingerprint density at radius 3 is 2.29 bits per heavy atom. The van der Waals surface area contributed by atoms with Crippen LogP contribution in [0.2, 0.25) is 0 Å². The number of piperidine rings is 2. The van der Waals surface area contributed by atoms with Crippen LogP contribution in [0, 0.1) is 11.8 Å². The van der Waals surface area contributed by atoms with E-state index in [0.717, 1.165) is 76.7 Å². The molecule has 0 aliphatic carbocycles. The number of aliphatic hydroxyl groups is 1. The standard InChI is InChI=1S/C23H35N3O2/c1-18-6-11-24(12-7-18)16-21(27)17-25-13-8-20(9-14-25)23(28)26-15-10-19-4-2-3-5-22(19)26/h2-5,18,20-21,27H,6-17H2,1H3. The van der Waals surface area contributed by atoms with Gasteiger partial charge >= 0.3 is 0 Å². The molecule has 3 aliphatic rings. The molecule has 0 bridgehead atoms. The molecule has 1 aromatic rings. The smallest absolute Gasteiger partial charge is 0.230 e. The quantitative estimate of drug-likeness (QED) is 0.845. The van der Waals surface area contributed by atoms with Crippen LogP contribution >= 0.6 is 0 Å². The topological polar surface area (TPSA) is 47.0 Å². The van der Waals surface area contributed by atoms with Gasteiger partial charge < -0.3 is 19.8 Å². The number of carbonyl (C=O) groups excluding carboxylic acids is 1. The van der Waals surface area contributed by atoms with Gasteiger partial charge in [0.2, 0.25) is 5.91 Å². The van der Waals surface area contributed by atoms with Crippen molar-refractivity contribution in [2.75, 3.05) is 50.7 Å². The lowest BCUT2D eigenvalue weighted by molar-refractivity contribution is -0.123. The maximum absolute atomic E-state index is 13.0. The minimum absolute atomic E-state index is 0.128. The van der Waals surface area contributed by atoms with Crippen molar-refractivity contribution in [3.8, 4) is 0 Å². The van der Waals surface area contributed by atoms with Gasteiger partial charge in [-0.1, -0.05) is 25.1 Å². The molecule has 5 heteroatoms. The molecule has 0 spiro atoms. The second-order valence-electron chi connectivity index (χ2n) is 9.08. The highest BCUT2D eigenvalue weighted by Crippen LogP contribution is 2.31. The fourth-order valence-corrected chi connectivity index (χ4v) is 5.05. The van der Waals surface area contributed by atoms with E-state index in [0.29, 0.717) is 5.91 Å². The van der Waals surface area contributed by atoms with E-state index in [4.69, 9.17) is 0 Å². The average Bonchev–Trinajstić information content (AvgIpc) is 3.14. The highest BCUT2D eigenvalue weighted by Gasteiger charge is 2.32. The summed E-state index contributed by atoms with van der Waals surface area (Å²) in [7, 11) is 0. The Kier molecular flexibility index (Phi) is 6.34. The number of β-amino-alcohol motifs (C(OH)–C–C–N with tert-alkyl or cyclic N) is 1. The van der Waals surface area contributed by atoms with E-state index in [1.807, 2.05) is 11.0 Å². The Morgan fingerprint density at radius 1 is 1.00 bits per heavy atom. The SMILES string of the molecule is CC1CCN(CC(O)CN2CCC(C(=O)N3CCc4ccccc43)CC2)CC1. The maximum Gasteiger partial charge on any atom is 0.230 e. The number of hydrogen-bond donors (Lipinski definition) is 1. The number of carbonyl (C=O) groups is 1. The summed E-state index contributed by atoms with van der Waals surface area (Å²) in [6.07, 6.45) is 5.00. The van der Waals surface area contributed by atoms with Gasteiger partial charge in [0.25, 0.3) is 0 Å². The van der Waals surface area contributed by atoms with E-state index in [2.05, 4.69) is 34.9 Å². The number of fused-ring (bicyclic) bond motifs is 1. The summed E-state index contributed by atoms with van der Waals surface area (Å²) in [5.74, 6) is 1.25. The van der Waals surface area contributed by atoms with E-state index in [9.17, 15) is 9.90 Å². The Bertz CT molecular complexity index is 664. The van der Waals surface area contributed by atoms with Gasteiger partial charge in [0, 0.05) is 31.2 Å². The summed E-state index contributed by atoms with van der Waals surface area (Å²) < 4.78 is 0. The van der Waals surface area contributed by atoms with E-state index < -0.39 is 0 Å². The number of hydrogen-bond acceptors (Lipinski definition) is 4. The molecule has 0 aromatic heterocycles. The monoisotopic (exact) mass is 385 g/mol. The molecule has 5 nitrogen and oxygen atoms in total. The second-order valence-corrected chi connectivity index (χ2v) is 9.08. The molecule has 2 saturated heterocycles. The van der Waals surface area contributed by atoms with Crippen LogP contribution in [0.4, 0.5) is 5.69 Å². The highest BCUT2D eigenvalue weighted by atomic mass is 16.3. The number of anilines is 1. The van der Waals surface area contributed by atoms with Crippen molar-refractivity contribution in [2.45, 2.75) is 45.1 Å². The molecule has 28 heavy (non-hydrogen) atoms. The zero-order valence-electron chi connectivity index (χ0n) is 17.2. The first kappa shape index (κ1) is 19.9. The van der Waals surface area contributed by atoms with Crippen LogP contribution in [-0.4, -0.2) is 72.7 Å². The first-order valence-corrected chi connectivity index (χ1v) is 11.1. The molecule has 3 heterocycles. The van der Waals surface area contributed by atoms with E-state index in [1.165, 1.54) is 18.4 Å². The predicted octanol–water partition coefficient (Wildman–Crippen LogP) is 2.38. The van der Waals surface area contributed by atoms with Crippen LogP contribution in [0.25, 0.3) is 0 Å². The van der Waals surface area contributed by atoms with Crippen molar-refractivity contribution in [3.05, 3.63) is 29.8 Å². The summed E-state index contributed by atoms with van der Waals surface area (Å²) >= 11 is 0. The lowest BCUT2D eigenvalue weighted by Gasteiger charge is -2.36. The largest absolute Gasteiger partial charge is 0.390 e. The highest BCUT2D eigenvalue weighted by molar-refractivity contribution is 5.97. The summed E-state index contributed by atoms with van der Waals surface area (Å²) in [5, 5.41) is 10.5. The number of aliphatic hydroxyl groups excluding tert-OH is 1. The lowest BCUT2D eigenvalue weighted by Crippen LogP contribution is -2.47. The van der Waals surface area contributed by atoms with Crippen LogP contribution in [-0.2, 0) is 11.2 Å². The Labute approximate surface area is 169 Å². The van der Waals surface area contributed by atoms with Crippen LogP contribution in [0.5, 0.6) is 0 Å². The van der Waals surface area contributed by atoms with Crippen molar-refractivity contribution in [2.24, 2.45) is 11.8 Å². The van der Waals surface area contributed by atoms with E-state index >= 15 is 0 Å². The van der Waals surface area contributed by atoms with Crippen molar-refractivity contribution < 1.29 is 9.90 Å². The third kappa shape index (κ3) is 4.58. The Morgan fingerprint density at radius 2 is 1.61 bits per heavy atom. The van der Waals surface area contributed by atoms with Gasteiger partial charge in [-0.05, 0) is 75.8 Å². The van der Waals surface area contributed by atoms with E-state index in [1.54, 1.807) is 0 Å². The number of benzene rings is 1. The third-order valence-electron chi connectivity index (χ3n) is 6.90. The fraction of sp³-hybridized carbons (Fsp3) is 0.696. The van der Waals surface area contributed by atoms with Gasteiger partial charge in [-0.2, -0.15) is 0 Å². The van der Waals surface area contributed by atoms with Crippen LogP contribution in [0.15, 0.2) is 24.3 Å². The van der Waals surface area contributed by atoms with Crippen molar-refractivity contribution in [1.82, 2.24) is 9.80 Å². The van der Waals surface area contributed by atoms with Crippen molar-refractivity contribution in [3.63, 3.8) is 0 Å². The van der Waals surface area contributed by atoms with Gasteiger partial charge in [0.05, 0.1) is 6.10 Å². The molecular weight excluding hydrogens is 350 g/mol. The molecule has 0 saturated carbocycles. The normalized spacial score (nSPS) is 23.7. The number of amides is 1. The van der Waals surface area contributed by atoms with Gasteiger partial charge in [0.15, 0.2) is 0 Å². The van der Waals surface area contributed by atoms with Crippen molar-refractivity contribution >= 4 is 11.6 Å².